The molecule has 1 heterocycles. The molecule has 0 aliphatic carbocycles. The fourth-order valence-corrected chi connectivity index (χ4v) is 2.35. The number of methoxy groups -OCH3 is 1. The highest BCUT2D eigenvalue weighted by Gasteiger charge is 2.13. The minimum atomic E-state index is -0.0557. The summed E-state index contributed by atoms with van der Waals surface area (Å²) in [7, 11) is 1.62. The maximum absolute atomic E-state index is 6.17. The van der Waals surface area contributed by atoms with Crippen molar-refractivity contribution in [3.63, 3.8) is 0 Å². The highest BCUT2D eigenvalue weighted by molar-refractivity contribution is 6.30. The van der Waals surface area contributed by atoms with Crippen molar-refractivity contribution < 1.29 is 9.47 Å². The second-order valence-electron chi connectivity index (χ2n) is 5.56. The molecule has 0 radical (unpaired) electrons. The molecular weight excluding hydrogens is 371 g/mol. The Morgan fingerprint density at radius 2 is 2.00 bits per heavy atom. The summed E-state index contributed by atoms with van der Waals surface area (Å²) in [5.74, 6) is 0.419. The molecule has 0 fully saturated rings. The zero-order valence-corrected chi connectivity index (χ0v) is 16.4. The van der Waals surface area contributed by atoms with E-state index in [0.29, 0.717) is 41.1 Å². The van der Waals surface area contributed by atoms with E-state index < -0.39 is 0 Å². The van der Waals surface area contributed by atoms with Crippen LogP contribution in [-0.2, 0) is 4.74 Å². The lowest BCUT2D eigenvalue weighted by atomic mass is 10.0. The summed E-state index contributed by atoms with van der Waals surface area (Å²) in [6.07, 6.45) is 6.19. The second-order valence-corrected chi connectivity index (χ2v) is 6.56. The summed E-state index contributed by atoms with van der Waals surface area (Å²) >= 11 is 12.2. The molecule has 0 N–H and O–H groups in total. The molecule has 1 atom stereocenters. The van der Waals surface area contributed by atoms with Crippen molar-refractivity contribution in [1.29, 1.82) is 0 Å². The first-order valence-corrected chi connectivity index (χ1v) is 9.12. The van der Waals surface area contributed by atoms with Gasteiger partial charge in [-0.3, -0.25) is 0 Å². The number of rotatable bonds is 9. The topological polar surface area (TPSA) is 44.2 Å². The lowest BCUT2D eigenvalue weighted by molar-refractivity contribution is 0.143. The van der Waals surface area contributed by atoms with Gasteiger partial charge in [-0.15, -0.1) is 11.6 Å². The van der Waals surface area contributed by atoms with Crippen LogP contribution in [0.15, 0.2) is 49.2 Å². The van der Waals surface area contributed by atoms with E-state index in [0.717, 1.165) is 12.0 Å². The van der Waals surface area contributed by atoms with Crippen LogP contribution >= 0.6 is 23.2 Å². The zero-order valence-electron chi connectivity index (χ0n) is 14.9. The first-order valence-electron chi connectivity index (χ1n) is 8.31. The summed E-state index contributed by atoms with van der Waals surface area (Å²) in [5, 5.41) is 0.606. The van der Waals surface area contributed by atoms with Crippen LogP contribution in [0.25, 0.3) is 16.8 Å². The first kappa shape index (κ1) is 20.4. The summed E-state index contributed by atoms with van der Waals surface area (Å²) in [5.41, 5.74) is 2.95. The third-order valence-corrected chi connectivity index (χ3v) is 4.31. The van der Waals surface area contributed by atoms with Crippen molar-refractivity contribution in [3.8, 4) is 17.1 Å². The van der Waals surface area contributed by atoms with Crippen molar-refractivity contribution in [2.45, 2.75) is 18.7 Å². The van der Waals surface area contributed by atoms with Gasteiger partial charge in [0.2, 0.25) is 5.88 Å². The van der Waals surface area contributed by atoms with E-state index in [2.05, 4.69) is 16.5 Å². The Hall–Kier alpha value is -1.88. The lowest BCUT2D eigenvalue weighted by Gasteiger charge is -2.11. The number of allylic oxidation sites excluding steroid dienone is 3. The average Bonchev–Trinajstić information content (AvgIpc) is 2.66. The van der Waals surface area contributed by atoms with Crippen LogP contribution in [0, 0.1) is 0 Å². The van der Waals surface area contributed by atoms with Gasteiger partial charge in [0, 0.05) is 17.7 Å². The first-order chi connectivity index (χ1) is 12.5. The van der Waals surface area contributed by atoms with Gasteiger partial charge in [0.15, 0.2) is 0 Å². The number of benzene rings is 1. The molecule has 26 heavy (non-hydrogen) atoms. The number of hydrogen-bond donors (Lipinski definition) is 0. The standard InChI is InChI=1S/C20H22Cl2N2O2/c1-4-16(21)8-5-14(2)19-20(15-6-9-17(22)10-7-15)23-13-18(24-19)26-12-11-25-3/h5-10,13,16H,2,4,11-12H2,1,3H3/b8-5-. The van der Waals surface area contributed by atoms with Crippen molar-refractivity contribution in [2.75, 3.05) is 20.3 Å². The molecular formula is C20H22Cl2N2O2. The molecule has 6 heteroatoms. The minimum Gasteiger partial charge on any atom is -0.474 e. The van der Waals surface area contributed by atoms with Gasteiger partial charge in [-0.2, -0.15) is 0 Å². The number of hydrogen-bond acceptors (Lipinski definition) is 4. The molecule has 2 aromatic rings. The van der Waals surface area contributed by atoms with Crippen LogP contribution < -0.4 is 4.74 Å². The Bertz CT molecular complexity index is 761. The monoisotopic (exact) mass is 392 g/mol. The Morgan fingerprint density at radius 1 is 1.27 bits per heavy atom. The SMILES string of the molecule is C=C(/C=C\C(Cl)CC)c1nc(OCCOC)cnc1-c1ccc(Cl)cc1. The lowest BCUT2D eigenvalue weighted by Crippen LogP contribution is -2.07. The molecule has 0 saturated carbocycles. The maximum atomic E-state index is 6.17. The van der Waals surface area contributed by atoms with Gasteiger partial charge in [0.25, 0.3) is 0 Å². The minimum absolute atomic E-state index is 0.0557. The van der Waals surface area contributed by atoms with Gasteiger partial charge >= 0.3 is 0 Å². The fraction of sp³-hybridized carbons (Fsp3) is 0.300. The summed E-state index contributed by atoms with van der Waals surface area (Å²) in [6, 6.07) is 7.43. The third kappa shape index (κ3) is 5.84. The number of nitrogens with zero attached hydrogens (tertiary/aromatic N) is 2. The smallest absolute Gasteiger partial charge is 0.232 e. The Morgan fingerprint density at radius 3 is 2.65 bits per heavy atom. The molecule has 1 aromatic carbocycles. The molecule has 0 amide bonds. The van der Waals surface area contributed by atoms with E-state index in [1.165, 1.54) is 0 Å². The van der Waals surface area contributed by atoms with Gasteiger partial charge < -0.3 is 9.47 Å². The van der Waals surface area contributed by atoms with Crippen molar-refractivity contribution >= 4 is 28.8 Å². The summed E-state index contributed by atoms with van der Waals surface area (Å²) < 4.78 is 10.6. The highest BCUT2D eigenvalue weighted by Crippen LogP contribution is 2.28. The largest absolute Gasteiger partial charge is 0.474 e. The molecule has 0 aliphatic rings. The quantitative estimate of drug-likeness (QED) is 0.325. The Balaban J connectivity index is 2.38. The van der Waals surface area contributed by atoms with Gasteiger partial charge in [-0.1, -0.05) is 49.4 Å². The van der Waals surface area contributed by atoms with E-state index in [1.807, 2.05) is 43.3 Å². The predicted molar refractivity (Wildman–Crippen MR) is 108 cm³/mol. The molecule has 0 bridgehead atoms. The third-order valence-electron chi connectivity index (χ3n) is 3.61. The molecule has 0 aliphatic heterocycles. The molecule has 2 rings (SSSR count). The van der Waals surface area contributed by atoms with Gasteiger partial charge in [-0.25, -0.2) is 9.97 Å². The van der Waals surface area contributed by atoms with E-state index in [-0.39, 0.29) is 5.38 Å². The number of halogens is 2. The normalized spacial score (nSPS) is 12.3. The van der Waals surface area contributed by atoms with E-state index in [1.54, 1.807) is 13.3 Å². The van der Waals surface area contributed by atoms with Gasteiger partial charge in [-0.05, 0) is 24.1 Å². The van der Waals surface area contributed by atoms with Crippen LogP contribution in [0.5, 0.6) is 5.88 Å². The molecule has 1 aromatic heterocycles. The summed E-state index contributed by atoms with van der Waals surface area (Å²) in [6.45, 7) is 7.01. The molecule has 4 nitrogen and oxygen atoms in total. The highest BCUT2D eigenvalue weighted by atomic mass is 35.5. The summed E-state index contributed by atoms with van der Waals surface area (Å²) in [4.78, 5) is 9.11. The van der Waals surface area contributed by atoms with E-state index in [4.69, 9.17) is 32.7 Å². The molecule has 0 saturated heterocycles. The second kappa shape index (κ2) is 10.3. The van der Waals surface area contributed by atoms with Crippen molar-refractivity contribution in [3.05, 3.63) is 59.9 Å². The number of aromatic nitrogens is 2. The van der Waals surface area contributed by atoms with Crippen LogP contribution in [-0.4, -0.2) is 35.7 Å². The molecule has 138 valence electrons. The Labute approximate surface area is 164 Å². The Kier molecular flexibility index (Phi) is 8.10. The number of ether oxygens (including phenoxy) is 2. The van der Waals surface area contributed by atoms with Crippen LogP contribution in [0.4, 0.5) is 0 Å². The van der Waals surface area contributed by atoms with Crippen molar-refractivity contribution in [2.24, 2.45) is 0 Å². The number of alkyl halides is 1. The maximum Gasteiger partial charge on any atom is 0.232 e. The van der Waals surface area contributed by atoms with Crippen LogP contribution in [0.3, 0.4) is 0 Å². The van der Waals surface area contributed by atoms with E-state index >= 15 is 0 Å². The molecule has 0 spiro atoms. The predicted octanol–water partition coefficient (Wildman–Crippen LogP) is 5.41. The average molecular weight is 393 g/mol. The van der Waals surface area contributed by atoms with E-state index in [9.17, 15) is 0 Å². The molecule has 1 unspecified atom stereocenters. The van der Waals surface area contributed by atoms with Crippen LogP contribution in [0.2, 0.25) is 5.02 Å². The van der Waals surface area contributed by atoms with Gasteiger partial charge in [0.1, 0.15) is 6.61 Å². The fourth-order valence-electron chi connectivity index (χ4n) is 2.15. The van der Waals surface area contributed by atoms with Gasteiger partial charge in [0.05, 0.1) is 29.6 Å². The van der Waals surface area contributed by atoms with Crippen LogP contribution in [0.1, 0.15) is 19.0 Å². The zero-order chi connectivity index (χ0) is 18.9. The van der Waals surface area contributed by atoms with Crippen molar-refractivity contribution in [1.82, 2.24) is 9.97 Å².